The fourth-order valence-electron chi connectivity index (χ4n) is 3.38. The van der Waals surface area contributed by atoms with E-state index in [0.717, 1.165) is 24.4 Å². The molecular weight excluding hydrogens is 284 g/mol. The Bertz CT molecular complexity index is 918. The fourth-order valence-corrected chi connectivity index (χ4v) is 3.38. The zero-order valence-corrected chi connectivity index (χ0v) is 14.0. The summed E-state index contributed by atoms with van der Waals surface area (Å²) in [6.07, 6.45) is 1.12. The second-order valence-corrected chi connectivity index (χ2v) is 6.92. The zero-order chi connectivity index (χ0) is 16.0. The van der Waals surface area contributed by atoms with Crippen LogP contribution in [0, 0.1) is 0 Å². The lowest BCUT2D eigenvalue weighted by Gasteiger charge is -2.07. The second-order valence-electron chi connectivity index (χ2n) is 6.92. The Morgan fingerprint density at radius 3 is 2.61 bits per heavy atom. The molecule has 3 heteroatoms. The van der Waals surface area contributed by atoms with Gasteiger partial charge >= 0.3 is 0 Å². The average Bonchev–Trinajstić information content (AvgIpc) is 3.06. The van der Waals surface area contributed by atoms with Crippen LogP contribution in [-0.2, 0) is 11.3 Å². The monoisotopic (exact) mass is 306 g/mol. The van der Waals surface area contributed by atoms with Crippen molar-refractivity contribution in [3.8, 4) is 0 Å². The normalized spacial score (nSPS) is 16.7. The van der Waals surface area contributed by atoms with Crippen molar-refractivity contribution in [2.75, 3.05) is 6.61 Å². The molecule has 1 aromatic heterocycles. The quantitative estimate of drug-likeness (QED) is 0.685. The summed E-state index contributed by atoms with van der Waals surface area (Å²) in [7, 11) is 0. The van der Waals surface area contributed by atoms with E-state index in [1.807, 2.05) is 0 Å². The van der Waals surface area contributed by atoms with Crippen molar-refractivity contribution < 1.29 is 4.74 Å². The summed E-state index contributed by atoms with van der Waals surface area (Å²) in [4.78, 5) is 4.71. The molecule has 23 heavy (non-hydrogen) atoms. The number of hydrogen-bond donors (Lipinski definition) is 0. The van der Waals surface area contributed by atoms with Crippen LogP contribution in [0.4, 0.5) is 0 Å². The van der Waals surface area contributed by atoms with Gasteiger partial charge in [0, 0.05) is 33.9 Å². The molecule has 1 aliphatic heterocycles. The molecular formula is C20H22N2O. The van der Waals surface area contributed by atoms with Gasteiger partial charge in [-0.1, -0.05) is 25.1 Å². The standard InChI is InChI=1S/C20H22N2O/c1-4-11-22-17-8-6-5-7-15(17)16-12-14(9-10-18(16)22)19-21-20(2,3)13-23-19/h5-10,12H,4,11,13H2,1-3H3. The van der Waals surface area contributed by atoms with E-state index in [-0.39, 0.29) is 5.54 Å². The maximum absolute atomic E-state index is 5.81. The minimum Gasteiger partial charge on any atom is -0.475 e. The van der Waals surface area contributed by atoms with Gasteiger partial charge in [0.25, 0.3) is 0 Å². The maximum Gasteiger partial charge on any atom is 0.216 e. The molecule has 0 unspecified atom stereocenters. The number of aryl methyl sites for hydroxylation is 1. The molecule has 0 spiro atoms. The lowest BCUT2D eigenvalue weighted by molar-refractivity contribution is 0.279. The molecule has 0 atom stereocenters. The molecule has 0 N–H and O–H groups in total. The van der Waals surface area contributed by atoms with Gasteiger partial charge in [-0.05, 0) is 44.5 Å². The first-order chi connectivity index (χ1) is 11.1. The summed E-state index contributed by atoms with van der Waals surface area (Å²) < 4.78 is 8.23. The van der Waals surface area contributed by atoms with Crippen molar-refractivity contribution in [3.05, 3.63) is 48.0 Å². The van der Waals surface area contributed by atoms with E-state index in [2.05, 4.69) is 67.8 Å². The van der Waals surface area contributed by atoms with Crippen molar-refractivity contribution in [1.29, 1.82) is 0 Å². The van der Waals surface area contributed by atoms with E-state index >= 15 is 0 Å². The van der Waals surface area contributed by atoms with E-state index in [9.17, 15) is 0 Å². The van der Waals surface area contributed by atoms with Crippen molar-refractivity contribution >= 4 is 27.7 Å². The molecule has 4 rings (SSSR count). The number of benzene rings is 2. The van der Waals surface area contributed by atoms with Crippen LogP contribution in [0.1, 0.15) is 32.8 Å². The molecule has 2 aromatic carbocycles. The second kappa shape index (κ2) is 5.12. The van der Waals surface area contributed by atoms with Crippen LogP contribution in [0.15, 0.2) is 47.5 Å². The smallest absolute Gasteiger partial charge is 0.216 e. The Balaban J connectivity index is 1.94. The number of nitrogens with zero attached hydrogens (tertiary/aromatic N) is 2. The number of aliphatic imine (C=N–C) groups is 1. The van der Waals surface area contributed by atoms with Gasteiger partial charge in [-0.2, -0.15) is 0 Å². The topological polar surface area (TPSA) is 26.5 Å². The molecule has 0 aliphatic carbocycles. The van der Waals surface area contributed by atoms with E-state index in [1.165, 1.54) is 21.8 Å². The van der Waals surface area contributed by atoms with E-state index in [1.54, 1.807) is 0 Å². The first-order valence-electron chi connectivity index (χ1n) is 8.33. The number of hydrogen-bond acceptors (Lipinski definition) is 2. The predicted molar refractivity (Wildman–Crippen MR) is 96.3 cm³/mol. The highest BCUT2D eigenvalue weighted by Gasteiger charge is 2.27. The summed E-state index contributed by atoms with van der Waals surface area (Å²) >= 11 is 0. The zero-order valence-electron chi connectivity index (χ0n) is 14.0. The molecule has 3 aromatic rings. The number of rotatable bonds is 3. The largest absolute Gasteiger partial charge is 0.475 e. The lowest BCUT2D eigenvalue weighted by Crippen LogP contribution is -2.17. The van der Waals surface area contributed by atoms with Crippen LogP contribution in [0.5, 0.6) is 0 Å². The van der Waals surface area contributed by atoms with Gasteiger partial charge in [0.2, 0.25) is 5.90 Å². The van der Waals surface area contributed by atoms with Crippen molar-refractivity contribution in [3.63, 3.8) is 0 Å². The lowest BCUT2D eigenvalue weighted by atomic mass is 10.1. The molecule has 0 fully saturated rings. The van der Waals surface area contributed by atoms with Gasteiger partial charge in [-0.15, -0.1) is 0 Å². The van der Waals surface area contributed by atoms with E-state index < -0.39 is 0 Å². The first kappa shape index (κ1) is 14.3. The van der Waals surface area contributed by atoms with Crippen LogP contribution < -0.4 is 0 Å². The first-order valence-corrected chi connectivity index (χ1v) is 8.33. The molecule has 0 radical (unpaired) electrons. The SMILES string of the molecule is CCCn1c2ccccc2c2cc(C3=NC(C)(C)CO3)ccc21. The van der Waals surface area contributed by atoms with Crippen molar-refractivity contribution in [1.82, 2.24) is 4.57 Å². The highest BCUT2D eigenvalue weighted by molar-refractivity contribution is 6.10. The maximum atomic E-state index is 5.81. The third kappa shape index (κ3) is 2.31. The molecule has 1 aliphatic rings. The Labute approximate surface area is 136 Å². The van der Waals surface area contributed by atoms with E-state index in [4.69, 9.17) is 9.73 Å². The highest BCUT2D eigenvalue weighted by atomic mass is 16.5. The molecule has 2 heterocycles. The van der Waals surface area contributed by atoms with Crippen LogP contribution in [0.3, 0.4) is 0 Å². The third-order valence-electron chi connectivity index (χ3n) is 4.43. The molecule has 3 nitrogen and oxygen atoms in total. The highest BCUT2D eigenvalue weighted by Crippen LogP contribution is 2.31. The number of ether oxygens (including phenoxy) is 1. The summed E-state index contributed by atoms with van der Waals surface area (Å²) in [6, 6.07) is 15.2. The molecule has 0 bridgehead atoms. The van der Waals surface area contributed by atoms with Gasteiger partial charge in [0.1, 0.15) is 6.61 Å². The number of fused-ring (bicyclic) bond motifs is 3. The number of para-hydroxylation sites is 1. The average molecular weight is 306 g/mol. The third-order valence-corrected chi connectivity index (χ3v) is 4.43. The number of aromatic nitrogens is 1. The van der Waals surface area contributed by atoms with Crippen LogP contribution in [-0.4, -0.2) is 22.6 Å². The van der Waals surface area contributed by atoms with Gasteiger partial charge in [-0.25, -0.2) is 4.99 Å². The summed E-state index contributed by atoms with van der Waals surface area (Å²) in [5.74, 6) is 0.768. The Kier molecular flexibility index (Phi) is 3.19. The van der Waals surface area contributed by atoms with Gasteiger partial charge < -0.3 is 9.30 Å². The summed E-state index contributed by atoms with van der Waals surface area (Å²) in [5.41, 5.74) is 3.54. The van der Waals surface area contributed by atoms with Gasteiger partial charge in [0.15, 0.2) is 0 Å². The predicted octanol–water partition coefficient (Wildman–Crippen LogP) is 4.76. The molecule has 0 saturated heterocycles. The molecule has 118 valence electrons. The summed E-state index contributed by atoms with van der Waals surface area (Å²) in [5, 5.41) is 2.58. The molecule has 0 saturated carbocycles. The minimum absolute atomic E-state index is 0.125. The Morgan fingerprint density at radius 2 is 1.87 bits per heavy atom. The van der Waals surface area contributed by atoms with Crippen molar-refractivity contribution in [2.45, 2.75) is 39.3 Å². The van der Waals surface area contributed by atoms with Crippen LogP contribution in [0.25, 0.3) is 21.8 Å². The van der Waals surface area contributed by atoms with Crippen molar-refractivity contribution in [2.24, 2.45) is 4.99 Å². The Hall–Kier alpha value is -2.29. The molecule has 0 amide bonds. The van der Waals surface area contributed by atoms with Crippen LogP contribution in [0.2, 0.25) is 0 Å². The summed E-state index contributed by atoms with van der Waals surface area (Å²) in [6.45, 7) is 8.11. The Morgan fingerprint density at radius 1 is 1.09 bits per heavy atom. The van der Waals surface area contributed by atoms with Gasteiger partial charge in [0.05, 0.1) is 5.54 Å². The minimum atomic E-state index is -0.125. The van der Waals surface area contributed by atoms with Gasteiger partial charge in [-0.3, -0.25) is 0 Å². The van der Waals surface area contributed by atoms with Crippen LogP contribution >= 0.6 is 0 Å². The fraction of sp³-hybridized carbons (Fsp3) is 0.350. The van der Waals surface area contributed by atoms with E-state index in [0.29, 0.717) is 6.61 Å².